The first kappa shape index (κ1) is 16.3. The normalized spacial score (nSPS) is 12.6. The first-order valence-electron chi connectivity index (χ1n) is 5.95. The molecule has 0 amide bonds. The Hall–Kier alpha value is -0.690. The Labute approximate surface area is 102 Å². The maximum atomic E-state index is 10.5. The van der Waals surface area contributed by atoms with Gasteiger partial charge in [-0.3, -0.25) is 4.79 Å². The number of carboxylic acid groups (broad SMARTS) is 1. The summed E-state index contributed by atoms with van der Waals surface area (Å²) in [5.41, 5.74) is 0. The molecule has 0 bridgehead atoms. The predicted octanol–water partition coefficient (Wildman–Crippen LogP) is 2.28. The van der Waals surface area contributed by atoms with E-state index in [9.17, 15) is 4.79 Å². The Balaban J connectivity index is 3.43. The van der Waals surface area contributed by atoms with Crippen LogP contribution in [0.1, 0.15) is 46.0 Å². The topological polar surface area (TPSA) is 74.2 Å². The molecular formula is C11H22O6. The summed E-state index contributed by atoms with van der Waals surface area (Å²) in [6.45, 7) is 4.34. The van der Waals surface area contributed by atoms with Crippen molar-refractivity contribution < 1.29 is 29.5 Å². The molecule has 0 radical (unpaired) electrons. The summed E-state index contributed by atoms with van der Waals surface area (Å²) in [5.74, 6) is -0.910. The number of carbonyl (C=O) groups is 1. The van der Waals surface area contributed by atoms with Gasteiger partial charge in [0.25, 0.3) is 0 Å². The fourth-order valence-corrected chi connectivity index (χ4v) is 1.14. The standard InChI is InChI=1S/C11H22O6/c1-3-5-7-14-15-9-16-17-10(6-4-2)8-11(12)13/h10H,3-9H2,1-2H3,(H,12,13). The van der Waals surface area contributed by atoms with Crippen LogP contribution in [0.5, 0.6) is 0 Å². The molecule has 6 nitrogen and oxygen atoms in total. The molecule has 0 aromatic rings. The van der Waals surface area contributed by atoms with Crippen molar-refractivity contribution in [3.8, 4) is 0 Å². The molecule has 0 heterocycles. The molecule has 0 aliphatic carbocycles. The van der Waals surface area contributed by atoms with Crippen molar-refractivity contribution >= 4 is 5.97 Å². The van der Waals surface area contributed by atoms with E-state index in [2.05, 4.69) is 4.89 Å². The lowest BCUT2D eigenvalue weighted by atomic mass is 10.1. The van der Waals surface area contributed by atoms with Gasteiger partial charge in [-0.05, 0) is 12.8 Å². The summed E-state index contributed by atoms with van der Waals surface area (Å²) in [6.07, 6.45) is 2.87. The van der Waals surface area contributed by atoms with Gasteiger partial charge in [0.15, 0.2) is 0 Å². The van der Waals surface area contributed by atoms with Crippen molar-refractivity contribution in [1.82, 2.24) is 0 Å². The van der Waals surface area contributed by atoms with Crippen LogP contribution in [0.2, 0.25) is 0 Å². The van der Waals surface area contributed by atoms with E-state index in [-0.39, 0.29) is 13.2 Å². The average Bonchev–Trinajstić information content (AvgIpc) is 2.27. The van der Waals surface area contributed by atoms with Gasteiger partial charge in [-0.2, -0.15) is 0 Å². The maximum absolute atomic E-state index is 10.5. The SMILES string of the molecule is CCCCOOCOOC(CCC)CC(=O)O. The predicted molar refractivity (Wildman–Crippen MR) is 59.9 cm³/mol. The molecule has 0 rings (SSSR count). The zero-order chi connectivity index (χ0) is 12.9. The van der Waals surface area contributed by atoms with Gasteiger partial charge >= 0.3 is 5.97 Å². The van der Waals surface area contributed by atoms with Crippen molar-refractivity contribution in [1.29, 1.82) is 0 Å². The molecule has 6 heteroatoms. The van der Waals surface area contributed by atoms with E-state index in [1.165, 1.54) is 0 Å². The number of rotatable bonds is 12. The molecule has 102 valence electrons. The molecular weight excluding hydrogens is 228 g/mol. The highest BCUT2D eigenvalue weighted by Crippen LogP contribution is 2.07. The van der Waals surface area contributed by atoms with Crippen LogP contribution in [0.15, 0.2) is 0 Å². The van der Waals surface area contributed by atoms with Crippen molar-refractivity contribution in [3.63, 3.8) is 0 Å². The monoisotopic (exact) mass is 250 g/mol. The van der Waals surface area contributed by atoms with Crippen LogP contribution in [0, 0.1) is 0 Å². The number of unbranched alkanes of at least 4 members (excludes halogenated alkanes) is 1. The Bertz CT molecular complexity index is 185. The van der Waals surface area contributed by atoms with Gasteiger partial charge < -0.3 is 5.11 Å². The molecule has 0 aliphatic heterocycles. The van der Waals surface area contributed by atoms with Crippen molar-refractivity contribution in [2.75, 3.05) is 13.4 Å². The van der Waals surface area contributed by atoms with E-state index in [0.29, 0.717) is 13.0 Å². The van der Waals surface area contributed by atoms with Gasteiger partial charge in [-0.1, -0.05) is 26.7 Å². The van der Waals surface area contributed by atoms with Crippen LogP contribution in [-0.4, -0.2) is 30.6 Å². The summed E-state index contributed by atoms with van der Waals surface area (Å²) >= 11 is 0. The second-order valence-corrected chi connectivity index (χ2v) is 3.63. The molecule has 0 saturated carbocycles. The molecule has 1 N–H and O–H groups in total. The van der Waals surface area contributed by atoms with Gasteiger partial charge in [0, 0.05) is 0 Å². The van der Waals surface area contributed by atoms with E-state index in [0.717, 1.165) is 19.3 Å². The fourth-order valence-electron chi connectivity index (χ4n) is 1.14. The molecule has 0 aliphatic rings. The third kappa shape index (κ3) is 11.6. The van der Waals surface area contributed by atoms with E-state index in [1.54, 1.807) is 0 Å². The maximum Gasteiger partial charge on any atom is 0.306 e. The van der Waals surface area contributed by atoms with Crippen LogP contribution >= 0.6 is 0 Å². The molecule has 17 heavy (non-hydrogen) atoms. The van der Waals surface area contributed by atoms with Gasteiger partial charge in [0.05, 0.1) is 13.0 Å². The summed E-state index contributed by atoms with van der Waals surface area (Å²) in [7, 11) is 0. The lowest BCUT2D eigenvalue weighted by Gasteiger charge is -2.13. The lowest BCUT2D eigenvalue weighted by molar-refractivity contribution is -0.430. The minimum atomic E-state index is -0.910. The number of hydrogen-bond acceptors (Lipinski definition) is 5. The van der Waals surface area contributed by atoms with E-state index in [4.69, 9.17) is 19.8 Å². The first-order chi connectivity index (χ1) is 8.20. The Kier molecular flexibility index (Phi) is 11.3. The molecule has 0 saturated heterocycles. The van der Waals surface area contributed by atoms with Crippen LogP contribution in [0.4, 0.5) is 0 Å². The quantitative estimate of drug-likeness (QED) is 0.248. The molecule has 0 fully saturated rings. The highest BCUT2D eigenvalue weighted by atomic mass is 17.3. The number of aliphatic carboxylic acids is 1. The number of hydrogen-bond donors (Lipinski definition) is 1. The summed E-state index contributed by atoms with van der Waals surface area (Å²) in [5, 5.41) is 8.62. The van der Waals surface area contributed by atoms with E-state index in [1.807, 2.05) is 13.8 Å². The van der Waals surface area contributed by atoms with Gasteiger partial charge in [-0.15, -0.1) is 0 Å². The summed E-state index contributed by atoms with van der Waals surface area (Å²) < 4.78 is 0. The Morgan fingerprint density at radius 1 is 1.18 bits per heavy atom. The molecule has 0 aromatic heterocycles. The largest absolute Gasteiger partial charge is 0.481 e. The molecule has 1 atom stereocenters. The highest BCUT2D eigenvalue weighted by molar-refractivity contribution is 5.67. The van der Waals surface area contributed by atoms with Crippen molar-refractivity contribution in [2.24, 2.45) is 0 Å². The average molecular weight is 250 g/mol. The summed E-state index contributed by atoms with van der Waals surface area (Å²) in [4.78, 5) is 29.6. The van der Waals surface area contributed by atoms with Crippen molar-refractivity contribution in [3.05, 3.63) is 0 Å². The van der Waals surface area contributed by atoms with Crippen LogP contribution < -0.4 is 0 Å². The van der Waals surface area contributed by atoms with Crippen LogP contribution in [0.3, 0.4) is 0 Å². The molecule has 0 spiro atoms. The zero-order valence-corrected chi connectivity index (χ0v) is 10.5. The van der Waals surface area contributed by atoms with Crippen molar-refractivity contribution in [2.45, 2.75) is 52.1 Å². The minimum Gasteiger partial charge on any atom is -0.481 e. The summed E-state index contributed by atoms with van der Waals surface area (Å²) in [6, 6.07) is 0. The third-order valence-electron chi connectivity index (χ3n) is 1.98. The number of carboxylic acids is 1. The van der Waals surface area contributed by atoms with Crippen LogP contribution in [-0.2, 0) is 24.3 Å². The first-order valence-corrected chi connectivity index (χ1v) is 5.95. The minimum absolute atomic E-state index is 0.0788. The molecule has 1 unspecified atom stereocenters. The van der Waals surface area contributed by atoms with E-state index >= 15 is 0 Å². The fraction of sp³-hybridized carbons (Fsp3) is 0.909. The second kappa shape index (κ2) is 11.8. The highest BCUT2D eigenvalue weighted by Gasteiger charge is 2.13. The van der Waals surface area contributed by atoms with Gasteiger partial charge in [0.2, 0.25) is 6.79 Å². The smallest absolute Gasteiger partial charge is 0.306 e. The van der Waals surface area contributed by atoms with Gasteiger partial charge in [0.1, 0.15) is 6.10 Å². The molecule has 0 aromatic carbocycles. The van der Waals surface area contributed by atoms with Crippen LogP contribution in [0.25, 0.3) is 0 Å². The second-order valence-electron chi connectivity index (χ2n) is 3.63. The van der Waals surface area contributed by atoms with Gasteiger partial charge in [-0.25, -0.2) is 19.6 Å². The lowest BCUT2D eigenvalue weighted by Crippen LogP contribution is -2.18. The van der Waals surface area contributed by atoms with E-state index < -0.39 is 12.1 Å². The zero-order valence-electron chi connectivity index (χ0n) is 10.5. The Morgan fingerprint density at radius 3 is 2.53 bits per heavy atom. The Morgan fingerprint density at radius 2 is 1.94 bits per heavy atom. The third-order valence-corrected chi connectivity index (χ3v) is 1.98.